The topological polar surface area (TPSA) is 66.4 Å². The first-order chi connectivity index (χ1) is 11.1. The molecule has 1 fully saturated rings. The van der Waals surface area contributed by atoms with Gasteiger partial charge in [0.05, 0.1) is 13.2 Å². The van der Waals surface area contributed by atoms with Gasteiger partial charge in [0, 0.05) is 51.8 Å². The number of methoxy groups -OCH3 is 1. The van der Waals surface area contributed by atoms with Crippen LogP contribution < -0.4 is 0 Å². The van der Waals surface area contributed by atoms with E-state index in [0.29, 0.717) is 5.69 Å². The van der Waals surface area contributed by atoms with Crippen molar-refractivity contribution in [3.05, 3.63) is 41.7 Å². The molecule has 1 aliphatic rings. The van der Waals surface area contributed by atoms with Gasteiger partial charge in [-0.2, -0.15) is 0 Å². The maximum absolute atomic E-state index is 11.5. The van der Waals surface area contributed by atoms with E-state index in [1.54, 1.807) is 0 Å². The average Bonchev–Trinajstić information content (AvgIpc) is 3.17. The first-order valence-electron chi connectivity index (χ1n) is 7.74. The van der Waals surface area contributed by atoms with Crippen LogP contribution in [0, 0.1) is 0 Å². The van der Waals surface area contributed by atoms with Gasteiger partial charge in [-0.25, -0.2) is 9.78 Å². The molecule has 1 aliphatic heterocycles. The van der Waals surface area contributed by atoms with Crippen molar-refractivity contribution < 1.29 is 9.53 Å². The highest BCUT2D eigenvalue weighted by Gasteiger charge is 2.28. The normalized spacial score (nSPS) is 19.9. The number of esters is 1. The number of imidazole rings is 1. The van der Waals surface area contributed by atoms with E-state index >= 15 is 0 Å². The smallest absolute Gasteiger partial charge is 0.354 e. The number of likely N-dealkylation sites (N-methyl/N-ethyl adjacent to an activating group) is 1. The minimum absolute atomic E-state index is 0.280. The molecule has 1 saturated heterocycles. The third-order valence-corrected chi connectivity index (χ3v) is 4.44. The zero-order valence-corrected chi connectivity index (χ0v) is 13.8. The van der Waals surface area contributed by atoms with Gasteiger partial charge in [-0.3, -0.25) is 9.80 Å². The summed E-state index contributed by atoms with van der Waals surface area (Å²) < 4.78 is 6.81. The second-order valence-corrected chi connectivity index (χ2v) is 6.04. The van der Waals surface area contributed by atoms with Gasteiger partial charge in [-0.1, -0.05) is 0 Å². The highest BCUT2D eigenvalue weighted by Crippen LogP contribution is 2.23. The van der Waals surface area contributed by atoms with Crippen LogP contribution in [0.5, 0.6) is 0 Å². The Labute approximate surface area is 135 Å². The van der Waals surface area contributed by atoms with Crippen molar-refractivity contribution in [2.45, 2.75) is 12.6 Å². The summed E-state index contributed by atoms with van der Waals surface area (Å²) in [5.41, 5.74) is 1.59. The fourth-order valence-electron chi connectivity index (χ4n) is 3.07. The van der Waals surface area contributed by atoms with E-state index in [0.717, 1.165) is 37.6 Å². The van der Waals surface area contributed by atoms with E-state index in [4.69, 9.17) is 4.74 Å². The number of carbonyl (C=O) groups is 1. The van der Waals surface area contributed by atoms with E-state index in [1.165, 1.54) is 7.11 Å². The zero-order valence-electron chi connectivity index (χ0n) is 13.8. The molecule has 3 heterocycles. The molecule has 23 heavy (non-hydrogen) atoms. The van der Waals surface area contributed by atoms with Gasteiger partial charge in [-0.15, -0.1) is 0 Å². The minimum Gasteiger partial charge on any atom is -0.464 e. The van der Waals surface area contributed by atoms with Crippen LogP contribution in [0.15, 0.2) is 24.7 Å². The standard InChI is InChI=1S/C16H23N5O2/c1-19-6-7-21(11-14(19)15-17-4-5-20(15)2)10-12-8-13(18-9-12)16(22)23-3/h4-5,8-9,14,18H,6-7,10-11H2,1-3H3. The number of hydrogen-bond acceptors (Lipinski definition) is 5. The Kier molecular flexibility index (Phi) is 4.49. The maximum Gasteiger partial charge on any atom is 0.354 e. The Hall–Kier alpha value is -2.12. The lowest BCUT2D eigenvalue weighted by Gasteiger charge is -2.38. The molecule has 0 aliphatic carbocycles. The minimum atomic E-state index is -0.333. The summed E-state index contributed by atoms with van der Waals surface area (Å²) in [7, 11) is 5.56. The second-order valence-electron chi connectivity index (χ2n) is 6.04. The van der Waals surface area contributed by atoms with Crippen molar-refractivity contribution in [2.75, 3.05) is 33.8 Å². The van der Waals surface area contributed by atoms with Crippen LogP contribution in [0.4, 0.5) is 0 Å². The second kappa shape index (κ2) is 6.55. The number of aryl methyl sites for hydroxylation is 1. The number of aromatic nitrogens is 3. The number of H-pyrrole nitrogens is 1. The SMILES string of the molecule is COC(=O)c1cc(CN2CCN(C)C(c3nccn3C)C2)c[nH]1. The highest BCUT2D eigenvalue weighted by atomic mass is 16.5. The molecule has 7 nitrogen and oxygen atoms in total. The Bertz CT molecular complexity index is 678. The lowest BCUT2D eigenvalue weighted by molar-refractivity contribution is 0.0594. The van der Waals surface area contributed by atoms with Crippen LogP contribution in [0.2, 0.25) is 0 Å². The molecule has 0 radical (unpaired) electrons. The van der Waals surface area contributed by atoms with E-state index in [1.807, 2.05) is 31.7 Å². The molecule has 3 rings (SSSR count). The van der Waals surface area contributed by atoms with Gasteiger partial charge < -0.3 is 14.3 Å². The zero-order chi connectivity index (χ0) is 16.4. The molecule has 2 aromatic rings. The molecule has 7 heteroatoms. The number of aromatic amines is 1. The van der Waals surface area contributed by atoms with E-state index in [-0.39, 0.29) is 12.0 Å². The summed E-state index contributed by atoms with van der Waals surface area (Å²) in [6, 6.07) is 2.14. The summed E-state index contributed by atoms with van der Waals surface area (Å²) in [5, 5.41) is 0. The monoisotopic (exact) mass is 317 g/mol. The molecule has 1 unspecified atom stereocenters. The summed E-state index contributed by atoms with van der Waals surface area (Å²) in [6.45, 7) is 3.71. The lowest BCUT2D eigenvalue weighted by atomic mass is 10.1. The maximum atomic E-state index is 11.5. The number of nitrogens with zero attached hydrogens (tertiary/aromatic N) is 4. The van der Waals surface area contributed by atoms with Crippen LogP contribution in [0.1, 0.15) is 27.9 Å². The molecule has 2 aromatic heterocycles. The molecule has 1 N–H and O–H groups in total. The third-order valence-electron chi connectivity index (χ3n) is 4.44. The summed E-state index contributed by atoms with van der Waals surface area (Å²) >= 11 is 0. The quantitative estimate of drug-likeness (QED) is 0.853. The molecule has 0 saturated carbocycles. The fraction of sp³-hybridized carbons (Fsp3) is 0.500. The predicted molar refractivity (Wildman–Crippen MR) is 86.0 cm³/mol. The van der Waals surface area contributed by atoms with Crippen molar-refractivity contribution >= 4 is 5.97 Å². The molecule has 0 amide bonds. The van der Waals surface area contributed by atoms with Crippen molar-refractivity contribution in [3.63, 3.8) is 0 Å². The van der Waals surface area contributed by atoms with Gasteiger partial charge in [0.1, 0.15) is 11.5 Å². The van der Waals surface area contributed by atoms with Crippen molar-refractivity contribution in [1.29, 1.82) is 0 Å². The van der Waals surface area contributed by atoms with Gasteiger partial charge in [0.15, 0.2) is 0 Å². The predicted octanol–water partition coefficient (Wildman–Crippen LogP) is 1.02. The van der Waals surface area contributed by atoms with Crippen LogP contribution in [0.25, 0.3) is 0 Å². The average molecular weight is 317 g/mol. The Morgan fingerprint density at radius 1 is 1.43 bits per heavy atom. The number of nitrogens with one attached hydrogen (secondary N) is 1. The molecule has 0 aromatic carbocycles. The van der Waals surface area contributed by atoms with Crippen LogP contribution >= 0.6 is 0 Å². The molecule has 0 spiro atoms. The lowest BCUT2D eigenvalue weighted by Crippen LogP contribution is -2.46. The van der Waals surface area contributed by atoms with Crippen molar-refractivity contribution in [2.24, 2.45) is 7.05 Å². The van der Waals surface area contributed by atoms with Crippen molar-refractivity contribution in [1.82, 2.24) is 24.3 Å². The highest BCUT2D eigenvalue weighted by molar-refractivity contribution is 5.87. The van der Waals surface area contributed by atoms with Crippen LogP contribution in [-0.2, 0) is 18.3 Å². The van der Waals surface area contributed by atoms with E-state index < -0.39 is 0 Å². The fourth-order valence-corrected chi connectivity index (χ4v) is 3.07. The number of piperazine rings is 1. The van der Waals surface area contributed by atoms with Gasteiger partial charge in [0.2, 0.25) is 0 Å². The summed E-state index contributed by atoms with van der Waals surface area (Å²) in [4.78, 5) is 23.7. The van der Waals surface area contributed by atoms with Gasteiger partial charge in [-0.05, 0) is 18.7 Å². The van der Waals surface area contributed by atoms with Gasteiger partial charge >= 0.3 is 5.97 Å². The van der Waals surface area contributed by atoms with Crippen LogP contribution in [0.3, 0.4) is 0 Å². The largest absolute Gasteiger partial charge is 0.464 e. The number of ether oxygens (including phenoxy) is 1. The van der Waals surface area contributed by atoms with Crippen LogP contribution in [-0.4, -0.2) is 64.1 Å². The molecular formula is C16H23N5O2. The first kappa shape index (κ1) is 15.8. The Morgan fingerprint density at radius 2 is 2.26 bits per heavy atom. The number of rotatable bonds is 4. The number of carbonyl (C=O) groups excluding carboxylic acids is 1. The first-order valence-corrected chi connectivity index (χ1v) is 7.74. The molecule has 0 bridgehead atoms. The van der Waals surface area contributed by atoms with Gasteiger partial charge in [0.25, 0.3) is 0 Å². The number of hydrogen-bond donors (Lipinski definition) is 1. The van der Waals surface area contributed by atoms with E-state index in [9.17, 15) is 4.79 Å². The molecule has 124 valence electrons. The molecule has 1 atom stereocenters. The van der Waals surface area contributed by atoms with E-state index in [2.05, 4.69) is 31.4 Å². The van der Waals surface area contributed by atoms with Crippen molar-refractivity contribution in [3.8, 4) is 0 Å². The summed E-state index contributed by atoms with van der Waals surface area (Å²) in [6.07, 6.45) is 5.70. The third kappa shape index (κ3) is 3.30. The Morgan fingerprint density at radius 3 is 2.96 bits per heavy atom. The summed E-state index contributed by atoms with van der Waals surface area (Å²) in [5.74, 6) is 0.752. The Balaban J connectivity index is 1.68. The molecular weight excluding hydrogens is 294 g/mol.